The van der Waals surface area contributed by atoms with Gasteiger partial charge in [0.1, 0.15) is 96.9 Å². The van der Waals surface area contributed by atoms with Crippen molar-refractivity contribution in [1.82, 2.24) is 0 Å². The molecule has 64 heavy (non-hydrogen) atoms. The summed E-state index contributed by atoms with van der Waals surface area (Å²) < 4.78 is 18.3. The number of unbranched alkanes of at least 4 members (excludes halogenated alkanes) is 2. The standard InChI is InChI=1S/C55H96N4O5/c1-42(2)44-15-20-55(41-63-43(3)39-58-31-25-56(26-32-58,27-33-58)23-9-11-37-60)22-21-53(7)45(50(44)55)13-14-47-52(6)18-17-48(51(4,5)46(52)16-19-54(47,53)8)64-49(62)40-59-34-28-57(29-35-59,30-36-59)24-10-12-38-61/h44-48,50,60-61H,1,3,9-41H2,2,4-8H3/q+4/t44-,45?,46?,47?,48-,50?,52-,53+,54+,55+,56?,57?,58?,59?/m0/s1. The van der Waals surface area contributed by atoms with Crippen LogP contribution in [0.3, 0.4) is 0 Å². The van der Waals surface area contributed by atoms with Gasteiger partial charge in [-0.1, -0.05) is 53.3 Å². The molecule has 362 valence electrons. The van der Waals surface area contributed by atoms with Crippen molar-refractivity contribution in [3.63, 3.8) is 0 Å². The molecule has 9 nitrogen and oxygen atoms in total. The monoisotopic (exact) mass is 893 g/mol. The summed E-state index contributed by atoms with van der Waals surface area (Å²) in [7, 11) is 0. The van der Waals surface area contributed by atoms with Gasteiger partial charge in [0.05, 0.1) is 19.7 Å². The minimum atomic E-state index is -0.0433. The molecule has 6 aliphatic heterocycles. The zero-order chi connectivity index (χ0) is 45.4. The first-order chi connectivity index (χ1) is 30.4. The maximum absolute atomic E-state index is 14.0. The second-order valence-corrected chi connectivity index (χ2v) is 26.4. The molecule has 6 saturated heterocycles. The van der Waals surface area contributed by atoms with Gasteiger partial charge >= 0.3 is 5.97 Å². The van der Waals surface area contributed by atoms with Crippen molar-refractivity contribution in [1.29, 1.82) is 0 Å². The van der Waals surface area contributed by atoms with Crippen LogP contribution in [0.25, 0.3) is 0 Å². The lowest BCUT2D eigenvalue weighted by Crippen LogP contribution is -2.75. The molecule has 0 aromatic rings. The van der Waals surface area contributed by atoms with Gasteiger partial charge in [-0.15, -0.1) is 0 Å². The third-order valence-corrected chi connectivity index (χ3v) is 23.4. The molecule has 5 aliphatic carbocycles. The Bertz CT molecular complexity index is 1710. The number of quaternary nitrogens is 4. The zero-order valence-corrected chi connectivity index (χ0v) is 42.1. The predicted octanol–water partition coefficient (Wildman–Crippen LogP) is 7.95. The topological polar surface area (TPSA) is 76.0 Å². The molecule has 11 fully saturated rings. The van der Waals surface area contributed by atoms with Gasteiger partial charge in [0, 0.05) is 24.0 Å². The molecule has 11 aliphatic rings. The number of carbonyl (C=O) groups excluding carboxylic acids is 1. The lowest BCUT2D eigenvalue weighted by molar-refractivity contribution is -1.08. The van der Waals surface area contributed by atoms with E-state index in [-0.39, 0.29) is 39.1 Å². The highest BCUT2D eigenvalue weighted by Crippen LogP contribution is 2.77. The van der Waals surface area contributed by atoms with Gasteiger partial charge in [-0.05, 0) is 143 Å². The summed E-state index contributed by atoms with van der Waals surface area (Å²) in [5.41, 5.74) is 2.39. The maximum atomic E-state index is 14.0. The van der Waals surface area contributed by atoms with Gasteiger partial charge in [-0.3, -0.25) is 0 Å². The molecule has 10 atom stereocenters. The number of rotatable bonds is 17. The Hall–Kier alpha value is -1.49. The van der Waals surface area contributed by atoms with Crippen LogP contribution >= 0.6 is 0 Å². The van der Waals surface area contributed by atoms with Gasteiger partial charge in [0.15, 0.2) is 6.54 Å². The summed E-state index contributed by atoms with van der Waals surface area (Å²) in [6, 6.07) is 0. The molecule has 0 aromatic carbocycles. The van der Waals surface area contributed by atoms with Crippen molar-refractivity contribution < 1.29 is 42.4 Å². The van der Waals surface area contributed by atoms with Crippen LogP contribution < -0.4 is 0 Å². The first-order valence-electron chi connectivity index (χ1n) is 27.1. The fourth-order valence-electron chi connectivity index (χ4n) is 19.0. The summed E-state index contributed by atoms with van der Waals surface area (Å²) in [4.78, 5) is 14.0. The number of aliphatic hydroxyl groups is 2. The lowest BCUT2D eigenvalue weighted by Gasteiger charge is -2.73. The van der Waals surface area contributed by atoms with Crippen LogP contribution in [0.1, 0.15) is 131 Å². The van der Waals surface area contributed by atoms with Crippen LogP contribution in [0.4, 0.5) is 0 Å². The fourth-order valence-corrected chi connectivity index (χ4v) is 19.0. The van der Waals surface area contributed by atoms with Crippen molar-refractivity contribution >= 4 is 5.97 Å². The fraction of sp³-hybridized carbons (Fsp3) is 0.909. The van der Waals surface area contributed by atoms with Crippen molar-refractivity contribution in [2.75, 3.05) is 125 Å². The van der Waals surface area contributed by atoms with Crippen LogP contribution in [-0.4, -0.2) is 165 Å². The predicted molar refractivity (Wildman–Crippen MR) is 255 cm³/mol. The van der Waals surface area contributed by atoms with E-state index in [1.807, 2.05) is 0 Å². The SMILES string of the molecule is C=C(C[N+]12CC[N+](CCCCO)(CC1)CC2)OC[C@]12CC[C@@H](C(=C)C)C1C1CCC3[C@@]4(C)CC[C@H](OC(=O)C[N+]56CC[N+](CCCCO)(CC5)CC6)C(C)(C)C4CC[C@@]3(C)[C@]1(C)CC2. The van der Waals surface area contributed by atoms with Crippen molar-refractivity contribution in [3.8, 4) is 0 Å². The molecule has 9 heteroatoms. The van der Waals surface area contributed by atoms with E-state index in [1.165, 1.54) is 144 Å². The molecule has 4 bridgehead atoms. The van der Waals surface area contributed by atoms with E-state index < -0.39 is 0 Å². The zero-order valence-electron chi connectivity index (χ0n) is 42.1. The smallest absolute Gasteiger partial charge is 0.362 e. The molecule has 11 rings (SSSR count). The number of hydrogen-bond donors (Lipinski definition) is 2. The lowest BCUT2D eigenvalue weighted by atomic mass is 9.32. The maximum Gasteiger partial charge on any atom is 0.362 e. The molecule has 6 heterocycles. The summed E-state index contributed by atoms with van der Waals surface area (Å²) in [5, 5.41) is 18.7. The second kappa shape index (κ2) is 17.2. The average molecular weight is 893 g/mol. The number of carbonyl (C=O) groups is 1. The summed E-state index contributed by atoms with van der Waals surface area (Å²) in [6.45, 7) is 44.5. The largest absolute Gasteiger partial charge is 0.492 e. The van der Waals surface area contributed by atoms with Crippen molar-refractivity contribution in [2.24, 2.45) is 56.7 Å². The molecule has 0 amide bonds. The second-order valence-electron chi connectivity index (χ2n) is 26.4. The normalized spacial score (nSPS) is 47.5. The Kier molecular flexibility index (Phi) is 12.8. The minimum Gasteiger partial charge on any atom is -0.492 e. The van der Waals surface area contributed by atoms with E-state index in [9.17, 15) is 15.0 Å². The molecule has 5 saturated carbocycles. The Morgan fingerprint density at radius 1 is 0.609 bits per heavy atom. The number of ether oxygens (including phenoxy) is 2. The van der Waals surface area contributed by atoms with Crippen LogP contribution in [0.2, 0.25) is 0 Å². The number of piperazine rings is 6. The van der Waals surface area contributed by atoms with Gasteiger partial charge < -0.3 is 37.6 Å². The van der Waals surface area contributed by atoms with E-state index in [2.05, 4.69) is 48.1 Å². The van der Waals surface area contributed by atoms with Gasteiger partial charge in [-0.2, -0.15) is 0 Å². The molecular formula is C55H96N4O5+4. The van der Waals surface area contributed by atoms with E-state index in [4.69, 9.17) is 16.1 Å². The highest BCUT2D eigenvalue weighted by atomic mass is 16.5. The summed E-state index contributed by atoms with van der Waals surface area (Å²) >= 11 is 0. The van der Waals surface area contributed by atoms with Crippen LogP contribution in [0.5, 0.6) is 0 Å². The van der Waals surface area contributed by atoms with E-state index in [0.717, 1.165) is 79.6 Å². The summed E-state index contributed by atoms with van der Waals surface area (Å²) in [5.74, 6) is 4.24. The van der Waals surface area contributed by atoms with Crippen LogP contribution in [-0.2, 0) is 14.3 Å². The number of hydrogen-bond acceptors (Lipinski definition) is 5. The first-order valence-corrected chi connectivity index (χ1v) is 27.1. The van der Waals surface area contributed by atoms with Gasteiger partial charge in [0.2, 0.25) is 0 Å². The third kappa shape index (κ3) is 7.82. The number of nitrogens with zero attached hydrogens (tertiary/aromatic N) is 4. The molecule has 2 N–H and O–H groups in total. The first kappa shape index (κ1) is 47.6. The number of esters is 1. The van der Waals surface area contributed by atoms with Crippen molar-refractivity contribution in [3.05, 3.63) is 24.5 Å². The molecule has 0 radical (unpaired) electrons. The highest BCUT2D eigenvalue weighted by molar-refractivity contribution is 5.71. The minimum absolute atomic E-state index is 0.0000784. The van der Waals surface area contributed by atoms with E-state index >= 15 is 0 Å². The third-order valence-electron chi connectivity index (χ3n) is 23.4. The Labute approximate surface area is 390 Å². The van der Waals surface area contributed by atoms with Gasteiger partial charge in [0.25, 0.3) is 0 Å². The molecule has 4 unspecified atom stereocenters. The Morgan fingerprint density at radius 2 is 1.17 bits per heavy atom. The van der Waals surface area contributed by atoms with Crippen LogP contribution in [0.15, 0.2) is 24.5 Å². The average Bonchev–Trinajstić information content (AvgIpc) is 3.66. The van der Waals surface area contributed by atoms with Crippen molar-refractivity contribution in [2.45, 2.75) is 138 Å². The Balaban J connectivity index is 0.846. The number of fused-ring (bicyclic) bond motifs is 13. The van der Waals surface area contributed by atoms with Gasteiger partial charge in [-0.25, -0.2) is 4.79 Å². The summed E-state index contributed by atoms with van der Waals surface area (Å²) in [6.07, 6.45) is 16.6. The highest BCUT2D eigenvalue weighted by Gasteiger charge is 2.71. The quantitative estimate of drug-likeness (QED) is 0.0510. The Morgan fingerprint density at radius 3 is 1.73 bits per heavy atom. The molecule has 0 aromatic heterocycles. The molecule has 0 spiro atoms. The number of aliphatic hydroxyl groups excluding tert-OH is 2. The molecular weight excluding hydrogens is 797 g/mol. The van der Waals surface area contributed by atoms with E-state index in [1.54, 1.807) is 0 Å². The number of allylic oxidation sites excluding steroid dienone is 1. The van der Waals surface area contributed by atoms with E-state index in [0.29, 0.717) is 49.3 Å². The van der Waals surface area contributed by atoms with Crippen LogP contribution in [0, 0.1) is 56.7 Å².